The second-order valence-electron chi connectivity index (χ2n) is 5.64. The third kappa shape index (κ3) is 6.34. The van der Waals surface area contributed by atoms with E-state index in [0.29, 0.717) is 5.56 Å². The normalized spacial score (nSPS) is 12.2. The number of nitrogens with one attached hydrogen (secondary N) is 1. The molecule has 0 fully saturated rings. The van der Waals surface area contributed by atoms with Crippen molar-refractivity contribution in [2.45, 2.75) is 39.3 Å². The maximum absolute atomic E-state index is 11.8. The largest absolute Gasteiger partial charge is 0.456 e. The molecule has 1 aromatic rings. The first-order valence-electron chi connectivity index (χ1n) is 6.78. The van der Waals surface area contributed by atoms with Gasteiger partial charge in [0, 0.05) is 18.0 Å². The van der Waals surface area contributed by atoms with Gasteiger partial charge in [-0.1, -0.05) is 0 Å². The van der Waals surface area contributed by atoms with Gasteiger partial charge in [0.2, 0.25) is 5.78 Å². The average Bonchev–Trinajstić information content (AvgIpc) is 2.43. The second-order valence-corrected chi connectivity index (χ2v) is 5.64. The van der Waals surface area contributed by atoms with Crippen molar-refractivity contribution in [3.05, 3.63) is 30.1 Å². The number of pyridine rings is 1. The van der Waals surface area contributed by atoms with Crippen molar-refractivity contribution in [3.8, 4) is 0 Å². The summed E-state index contributed by atoms with van der Waals surface area (Å²) in [5.41, 5.74) is -0.313. The van der Waals surface area contributed by atoms with Crippen molar-refractivity contribution in [1.82, 2.24) is 10.3 Å². The molecule has 1 amide bonds. The number of ketones is 1. The average molecular weight is 308 g/mol. The minimum absolute atomic E-state index is 0.350. The van der Waals surface area contributed by atoms with E-state index in [2.05, 4.69) is 10.3 Å². The quantitative estimate of drug-likeness (QED) is 0.657. The molecule has 1 N–H and O–H groups in total. The van der Waals surface area contributed by atoms with Crippen molar-refractivity contribution in [2.75, 3.05) is 6.61 Å². The van der Waals surface area contributed by atoms with E-state index >= 15 is 0 Å². The Morgan fingerprint density at radius 2 is 2.00 bits per heavy atom. The Bertz CT molecular complexity index is 537. The number of alkyl carbamates (subject to hydrolysis) is 1. The van der Waals surface area contributed by atoms with Gasteiger partial charge in [-0.05, 0) is 39.8 Å². The number of aromatic nitrogens is 1. The number of carbonyl (C=O) groups excluding carboxylic acids is 3. The van der Waals surface area contributed by atoms with Crippen molar-refractivity contribution in [1.29, 1.82) is 0 Å². The van der Waals surface area contributed by atoms with Gasteiger partial charge < -0.3 is 14.8 Å². The van der Waals surface area contributed by atoms with Gasteiger partial charge in [0.15, 0.2) is 6.61 Å². The Morgan fingerprint density at radius 3 is 2.55 bits per heavy atom. The number of esters is 1. The molecule has 7 nitrogen and oxygen atoms in total. The predicted octanol–water partition coefficient (Wildman–Crippen LogP) is 1.72. The third-order valence-electron chi connectivity index (χ3n) is 2.42. The lowest BCUT2D eigenvalue weighted by Gasteiger charge is -2.21. The summed E-state index contributed by atoms with van der Waals surface area (Å²) in [6, 6.07) is 2.27. The molecule has 120 valence electrons. The van der Waals surface area contributed by atoms with Gasteiger partial charge in [-0.2, -0.15) is 0 Å². The first-order chi connectivity index (χ1) is 10.2. The minimum atomic E-state index is -0.920. The monoisotopic (exact) mass is 308 g/mol. The molecule has 0 spiro atoms. The van der Waals surface area contributed by atoms with Crippen molar-refractivity contribution in [3.63, 3.8) is 0 Å². The maximum Gasteiger partial charge on any atom is 0.408 e. The Morgan fingerprint density at radius 1 is 1.32 bits per heavy atom. The molecular formula is C15H20N2O5. The molecule has 7 heteroatoms. The Labute approximate surface area is 129 Å². The molecule has 1 atom stereocenters. The molecule has 0 saturated carbocycles. The van der Waals surface area contributed by atoms with Crippen LogP contribution < -0.4 is 5.32 Å². The maximum atomic E-state index is 11.8. The molecule has 1 heterocycles. The summed E-state index contributed by atoms with van der Waals surface area (Å²) in [6.07, 6.45) is 2.20. The van der Waals surface area contributed by atoms with Crippen LogP contribution in [0.2, 0.25) is 0 Å². The van der Waals surface area contributed by atoms with Crippen LogP contribution in [0.25, 0.3) is 0 Å². The van der Waals surface area contributed by atoms with Gasteiger partial charge in [0.1, 0.15) is 11.6 Å². The fourth-order valence-electron chi connectivity index (χ4n) is 1.42. The summed E-state index contributed by atoms with van der Waals surface area (Å²) >= 11 is 0. The molecule has 0 saturated heterocycles. The standard InChI is InChI=1S/C15H20N2O5/c1-10(17-14(20)22-15(2,3)4)13(19)21-9-12(18)11-6-5-7-16-8-11/h5-8,10H,9H2,1-4H3,(H,17,20). The van der Waals surface area contributed by atoms with E-state index in [1.807, 2.05) is 0 Å². The van der Waals surface area contributed by atoms with Gasteiger partial charge in [-0.3, -0.25) is 9.78 Å². The molecule has 0 aliphatic carbocycles. The van der Waals surface area contributed by atoms with E-state index in [1.54, 1.807) is 32.9 Å². The van der Waals surface area contributed by atoms with Crippen LogP contribution in [0.1, 0.15) is 38.1 Å². The lowest BCUT2D eigenvalue weighted by Crippen LogP contribution is -2.42. The van der Waals surface area contributed by atoms with Gasteiger partial charge in [-0.15, -0.1) is 0 Å². The fourth-order valence-corrected chi connectivity index (χ4v) is 1.42. The number of carbonyl (C=O) groups is 3. The highest BCUT2D eigenvalue weighted by Crippen LogP contribution is 2.07. The number of hydrogen-bond acceptors (Lipinski definition) is 6. The molecule has 1 aromatic heterocycles. The van der Waals surface area contributed by atoms with E-state index in [9.17, 15) is 14.4 Å². The molecule has 1 rings (SSSR count). The first-order valence-corrected chi connectivity index (χ1v) is 6.78. The van der Waals surface area contributed by atoms with Crippen LogP contribution in [0, 0.1) is 0 Å². The van der Waals surface area contributed by atoms with Crippen molar-refractivity contribution >= 4 is 17.8 Å². The summed E-state index contributed by atoms with van der Waals surface area (Å²) in [7, 11) is 0. The minimum Gasteiger partial charge on any atom is -0.456 e. The van der Waals surface area contributed by atoms with Gasteiger partial charge in [0.05, 0.1) is 0 Å². The highest BCUT2D eigenvalue weighted by Gasteiger charge is 2.22. The highest BCUT2D eigenvalue weighted by molar-refractivity contribution is 5.97. The van der Waals surface area contributed by atoms with E-state index in [0.717, 1.165) is 0 Å². The zero-order chi connectivity index (χ0) is 16.8. The van der Waals surface area contributed by atoms with Gasteiger partial charge in [0.25, 0.3) is 0 Å². The van der Waals surface area contributed by atoms with Crippen LogP contribution in [0.4, 0.5) is 4.79 Å². The Kier molecular flexibility index (Phi) is 6.03. The van der Waals surface area contributed by atoms with Crippen LogP contribution in [-0.2, 0) is 14.3 Å². The number of Topliss-reactive ketones (excluding diaryl/α,β-unsaturated/α-hetero) is 1. The van der Waals surface area contributed by atoms with Gasteiger partial charge >= 0.3 is 12.1 Å². The number of rotatable bonds is 5. The third-order valence-corrected chi connectivity index (χ3v) is 2.42. The van der Waals surface area contributed by atoms with Crippen molar-refractivity contribution < 1.29 is 23.9 Å². The first kappa shape index (κ1) is 17.6. The van der Waals surface area contributed by atoms with Gasteiger partial charge in [-0.25, -0.2) is 9.59 Å². The lowest BCUT2D eigenvalue weighted by molar-refractivity contribution is -0.144. The smallest absolute Gasteiger partial charge is 0.408 e. The van der Waals surface area contributed by atoms with Crippen LogP contribution in [0.5, 0.6) is 0 Å². The topological polar surface area (TPSA) is 94.6 Å². The number of nitrogens with zero attached hydrogens (tertiary/aromatic N) is 1. The van der Waals surface area contributed by atoms with E-state index in [4.69, 9.17) is 9.47 Å². The van der Waals surface area contributed by atoms with Crippen LogP contribution in [0.15, 0.2) is 24.5 Å². The number of ether oxygens (including phenoxy) is 2. The summed E-state index contributed by atoms with van der Waals surface area (Å²) < 4.78 is 9.88. The summed E-state index contributed by atoms with van der Waals surface area (Å²) in [4.78, 5) is 38.8. The number of hydrogen-bond donors (Lipinski definition) is 1. The number of amides is 1. The van der Waals surface area contributed by atoms with E-state index < -0.39 is 30.3 Å². The highest BCUT2D eigenvalue weighted by atomic mass is 16.6. The van der Waals surface area contributed by atoms with Crippen LogP contribution >= 0.6 is 0 Å². The summed E-state index contributed by atoms with van der Waals surface area (Å²) in [5.74, 6) is -1.09. The summed E-state index contributed by atoms with van der Waals surface area (Å²) in [6.45, 7) is 6.16. The Hall–Kier alpha value is -2.44. The zero-order valence-electron chi connectivity index (χ0n) is 13.1. The Balaban J connectivity index is 2.42. The molecule has 22 heavy (non-hydrogen) atoms. The molecule has 0 aliphatic heterocycles. The molecular weight excluding hydrogens is 288 g/mol. The van der Waals surface area contributed by atoms with Crippen molar-refractivity contribution in [2.24, 2.45) is 0 Å². The summed E-state index contributed by atoms with van der Waals surface area (Å²) in [5, 5.41) is 2.34. The van der Waals surface area contributed by atoms with Crippen LogP contribution in [0.3, 0.4) is 0 Å². The fraction of sp³-hybridized carbons (Fsp3) is 0.467. The molecule has 0 bridgehead atoms. The van der Waals surface area contributed by atoms with Crippen LogP contribution in [-0.4, -0.2) is 41.1 Å². The zero-order valence-corrected chi connectivity index (χ0v) is 13.1. The van der Waals surface area contributed by atoms with E-state index in [-0.39, 0.29) is 5.78 Å². The molecule has 1 unspecified atom stereocenters. The molecule has 0 aromatic carbocycles. The lowest BCUT2D eigenvalue weighted by atomic mass is 10.2. The molecule has 0 radical (unpaired) electrons. The second kappa shape index (κ2) is 7.53. The van der Waals surface area contributed by atoms with E-state index in [1.165, 1.54) is 19.3 Å². The predicted molar refractivity (Wildman–Crippen MR) is 78.4 cm³/mol. The SMILES string of the molecule is CC(NC(=O)OC(C)(C)C)C(=O)OCC(=O)c1cccnc1. The molecule has 0 aliphatic rings.